The lowest BCUT2D eigenvalue weighted by molar-refractivity contribution is 0.0741. The number of aromatic nitrogens is 1. The normalized spacial score (nSPS) is 15.1. The number of benzene rings is 1. The van der Waals surface area contributed by atoms with Crippen molar-refractivity contribution in [2.45, 2.75) is 76.0 Å². The van der Waals surface area contributed by atoms with E-state index in [4.69, 9.17) is 5.14 Å². The Kier molecular flexibility index (Phi) is 7.61. The van der Waals surface area contributed by atoms with E-state index in [1.807, 2.05) is 19.9 Å². The van der Waals surface area contributed by atoms with Crippen LogP contribution in [0.1, 0.15) is 81.3 Å². The molecule has 1 aromatic carbocycles. The van der Waals surface area contributed by atoms with E-state index in [-0.39, 0.29) is 28.2 Å². The van der Waals surface area contributed by atoms with Crippen LogP contribution in [0.3, 0.4) is 0 Å². The molecule has 4 N–H and O–H groups in total. The molecule has 1 heterocycles. The van der Waals surface area contributed by atoms with Crippen molar-refractivity contribution in [3.8, 4) is 6.07 Å². The Morgan fingerprint density at radius 2 is 1.97 bits per heavy atom. The van der Waals surface area contributed by atoms with Crippen LogP contribution in [-0.4, -0.2) is 25.6 Å². The van der Waals surface area contributed by atoms with Gasteiger partial charge in [-0.1, -0.05) is 27.7 Å². The standard InChI is InChI=1S/C21H29FN4O3S2/c1-11(2)14-7-13(9-23)19(22)18(12(3)4)15(14)8-17(27)26-31(24,29)20-25-16(10-30-20)21(5,6)28/h7,10-12,17,27-28H,8H2,1-6H3,(H2,24,26,29). The molecule has 31 heavy (non-hydrogen) atoms. The van der Waals surface area contributed by atoms with E-state index in [0.717, 1.165) is 16.9 Å². The first-order valence-corrected chi connectivity index (χ1v) is 12.3. The quantitative estimate of drug-likeness (QED) is 0.567. The summed E-state index contributed by atoms with van der Waals surface area (Å²) in [6, 6.07) is 3.38. The van der Waals surface area contributed by atoms with Crippen LogP contribution in [0.2, 0.25) is 0 Å². The maximum Gasteiger partial charge on any atom is 0.204 e. The number of aliphatic hydroxyl groups excluding tert-OH is 1. The summed E-state index contributed by atoms with van der Waals surface area (Å²) < 4.78 is 31.8. The molecule has 0 aliphatic carbocycles. The van der Waals surface area contributed by atoms with Gasteiger partial charge in [-0.2, -0.15) is 9.62 Å². The number of rotatable bonds is 7. The molecule has 170 valence electrons. The van der Waals surface area contributed by atoms with E-state index >= 15 is 0 Å². The molecule has 2 aromatic rings. The Morgan fingerprint density at radius 3 is 2.42 bits per heavy atom. The Balaban J connectivity index is 2.53. The second kappa shape index (κ2) is 9.30. The second-order valence-electron chi connectivity index (χ2n) is 8.56. The summed E-state index contributed by atoms with van der Waals surface area (Å²) in [4.78, 5) is 4.11. The number of hydrogen-bond acceptors (Lipinski definition) is 7. The van der Waals surface area contributed by atoms with E-state index in [1.165, 1.54) is 25.3 Å². The fourth-order valence-corrected chi connectivity index (χ4v) is 5.57. The Hall–Kier alpha value is -1.90. The third-order valence-electron chi connectivity index (χ3n) is 4.79. The van der Waals surface area contributed by atoms with Crippen molar-refractivity contribution < 1.29 is 18.8 Å². The van der Waals surface area contributed by atoms with Gasteiger partial charge in [0, 0.05) is 11.8 Å². The Labute approximate surface area is 187 Å². The fourth-order valence-electron chi connectivity index (χ4n) is 3.28. The van der Waals surface area contributed by atoms with Crippen LogP contribution in [0.4, 0.5) is 4.39 Å². The number of thiazole rings is 1. The third kappa shape index (κ3) is 5.67. The number of aliphatic hydroxyl groups is 2. The minimum Gasteiger partial charge on any atom is -0.384 e. The van der Waals surface area contributed by atoms with Crippen LogP contribution in [0.25, 0.3) is 0 Å². The minimum atomic E-state index is -3.53. The van der Waals surface area contributed by atoms with E-state index < -0.39 is 27.6 Å². The van der Waals surface area contributed by atoms with Crippen LogP contribution in [-0.2, 0) is 21.9 Å². The zero-order valence-corrected chi connectivity index (χ0v) is 20.1. The van der Waals surface area contributed by atoms with Gasteiger partial charge in [-0.15, -0.1) is 11.3 Å². The molecule has 0 amide bonds. The van der Waals surface area contributed by atoms with Crippen LogP contribution in [0, 0.1) is 17.1 Å². The minimum absolute atomic E-state index is 0.0112. The van der Waals surface area contributed by atoms with Crippen molar-refractivity contribution in [2.24, 2.45) is 9.50 Å². The van der Waals surface area contributed by atoms with Crippen LogP contribution in [0.5, 0.6) is 0 Å². The summed E-state index contributed by atoms with van der Waals surface area (Å²) in [5.74, 6) is -0.904. The molecule has 0 radical (unpaired) electrons. The van der Waals surface area contributed by atoms with Crippen LogP contribution < -0.4 is 5.14 Å². The predicted octanol–water partition coefficient (Wildman–Crippen LogP) is 3.89. The molecule has 0 aliphatic heterocycles. The molecule has 2 unspecified atom stereocenters. The van der Waals surface area contributed by atoms with Gasteiger partial charge < -0.3 is 10.2 Å². The molecule has 0 bridgehead atoms. The average molecular weight is 469 g/mol. The molecule has 0 saturated heterocycles. The highest BCUT2D eigenvalue weighted by molar-refractivity contribution is 7.93. The van der Waals surface area contributed by atoms with Crippen molar-refractivity contribution in [2.75, 3.05) is 0 Å². The number of halogens is 1. The van der Waals surface area contributed by atoms with Gasteiger partial charge in [0.05, 0.1) is 11.3 Å². The topological polar surface area (TPSA) is 133 Å². The van der Waals surface area contributed by atoms with Gasteiger partial charge in [0.25, 0.3) is 0 Å². The summed E-state index contributed by atoms with van der Waals surface area (Å²) in [6.45, 7) is 10.5. The molecule has 2 atom stereocenters. The molecular weight excluding hydrogens is 439 g/mol. The summed E-state index contributed by atoms with van der Waals surface area (Å²) in [7, 11) is -3.53. The summed E-state index contributed by atoms with van der Waals surface area (Å²) >= 11 is 0.983. The molecular formula is C21H29FN4O3S2. The van der Waals surface area contributed by atoms with Gasteiger partial charge in [0.15, 0.2) is 16.1 Å². The largest absolute Gasteiger partial charge is 0.384 e. The first kappa shape index (κ1) is 25.4. The molecule has 0 aliphatic rings. The highest BCUT2D eigenvalue weighted by Crippen LogP contribution is 2.33. The van der Waals surface area contributed by atoms with Crippen molar-refractivity contribution in [1.29, 1.82) is 5.26 Å². The van der Waals surface area contributed by atoms with E-state index in [0.29, 0.717) is 16.8 Å². The number of nitriles is 1. The molecule has 0 spiro atoms. The van der Waals surface area contributed by atoms with Crippen molar-refractivity contribution in [3.63, 3.8) is 0 Å². The fraction of sp³-hybridized carbons (Fsp3) is 0.524. The van der Waals surface area contributed by atoms with Crippen molar-refractivity contribution >= 4 is 21.3 Å². The SMILES string of the molecule is CC(C)c1cc(C#N)c(F)c(C(C)C)c1CC(O)N=S(N)(=O)c1nc(C(C)(C)O)cs1. The van der Waals surface area contributed by atoms with E-state index in [2.05, 4.69) is 9.35 Å². The summed E-state index contributed by atoms with van der Waals surface area (Å²) in [5.41, 5.74) is 0.600. The van der Waals surface area contributed by atoms with Crippen molar-refractivity contribution in [3.05, 3.63) is 45.2 Å². The first-order valence-electron chi connectivity index (χ1n) is 9.84. The molecule has 0 fully saturated rings. The zero-order valence-electron chi connectivity index (χ0n) is 18.5. The second-order valence-corrected chi connectivity index (χ2v) is 11.4. The maximum absolute atomic E-state index is 14.9. The van der Waals surface area contributed by atoms with E-state index in [9.17, 15) is 24.1 Å². The van der Waals surface area contributed by atoms with Gasteiger partial charge in [-0.3, -0.25) is 0 Å². The number of hydrogen-bond donors (Lipinski definition) is 3. The molecule has 2 rings (SSSR count). The summed E-state index contributed by atoms with van der Waals surface area (Å²) in [6.07, 6.45) is -1.59. The Morgan fingerprint density at radius 1 is 1.35 bits per heavy atom. The smallest absolute Gasteiger partial charge is 0.204 e. The molecule has 10 heteroatoms. The highest BCUT2D eigenvalue weighted by atomic mass is 32.2. The highest BCUT2D eigenvalue weighted by Gasteiger charge is 2.26. The summed E-state index contributed by atoms with van der Waals surface area (Å²) in [5, 5.41) is 37.4. The van der Waals surface area contributed by atoms with Gasteiger partial charge >= 0.3 is 0 Å². The molecule has 0 saturated carbocycles. The number of nitrogens with zero attached hydrogens (tertiary/aromatic N) is 3. The zero-order chi connectivity index (χ0) is 23.7. The molecule has 1 aromatic heterocycles. The average Bonchev–Trinajstić information content (AvgIpc) is 3.12. The lowest BCUT2D eigenvalue weighted by Crippen LogP contribution is -2.21. The van der Waals surface area contributed by atoms with Gasteiger partial charge in [-0.25, -0.2) is 18.7 Å². The lowest BCUT2D eigenvalue weighted by Gasteiger charge is -2.22. The van der Waals surface area contributed by atoms with Crippen molar-refractivity contribution in [1.82, 2.24) is 4.98 Å². The first-order chi connectivity index (χ1) is 14.2. The monoisotopic (exact) mass is 468 g/mol. The molecule has 7 nitrogen and oxygen atoms in total. The van der Waals surface area contributed by atoms with Gasteiger partial charge in [0.2, 0.25) is 4.34 Å². The van der Waals surface area contributed by atoms with E-state index in [1.54, 1.807) is 13.8 Å². The van der Waals surface area contributed by atoms with Crippen LogP contribution in [0.15, 0.2) is 20.1 Å². The number of nitrogens with two attached hydrogens (primary N) is 1. The predicted molar refractivity (Wildman–Crippen MR) is 119 cm³/mol. The lowest BCUT2D eigenvalue weighted by atomic mass is 9.84. The van der Waals surface area contributed by atoms with Crippen LogP contribution >= 0.6 is 11.3 Å². The van der Waals surface area contributed by atoms with Gasteiger partial charge in [-0.05, 0) is 48.4 Å². The Bertz CT molecular complexity index is 1120. The third-order valence-corrected chi connectivity index (χ3v) is 7.58. The van der Waals surface area contributed by atoms with Gasteiger partial charge in [0.1, 0.15) is 17.5 Å². The maximum atomic E-state index is 14.9.